The van der Waals surface area contributed by atoms with E-state index in [1.807, 2.05) is 16.8 Å². The Bertz CT molecular complexity index is 259. The molecule has 1 N–H and O–H groups in total. The minimum atomic E-state index is -4.10. The van der Waals surface area contributed by atoms with Crippen molar-refractivity contribution >= 4 is 23.1 Å². The predicted octanol–water partition coefficient (Wildman–Crippen LogP) is 3.13. The van der Waals surface area contributed by atoms with Crippen LogP contribution < -0.4 is 5.32 Å². The number of halogens is 3. The summed E-state index contributed by atoms with van der Waals surface area (Å²) in [4.78, 5) is 0. The second-order valence-corrected chi connectivity index (χ2v) is 4.87. The minimum absolute atomic E-state index is 0.0210. The van der Waals surface area contributed by atoms with Crippen molar-refractivity contribution in [2.75, 3.05) is 18.8 Å². The largest absolute Gasteiger partial charge is 0.441 e. The van der Waals surface area contributed by atoms with Crippen LogP contribution in [0.15, 0.2) is 16.8 Å². The monoisotopic (exact) mass is 255 g/mol. The molecule has 0 fully saturated rings. The van der Waals surface area contributed by atoms with Crippen molar-refractivity contribution < 1.29 is 13.2 Å². The summed E-state index contributed by atoms with van der Waals surface area (Å²) in [5.41, 5.74) is -2.87. The van der Waals surface area contributed by atoms with Gasteiger partial charge in [-0.25, -0.2) is 0 Å². The van der Waals surface area contributed by atoms with Crippen molar-refractivity contribution in [3.63, 3.8) is 0 Å². The molecule has 15 heavy (non-hydrogen) atoms. The smallest absolute Gasteiger partial charge is 0.316 e. The highest BCUT2D eigenvalue weighted by molar-refractivity contribution is 8.00. The molecule has 0 spiro atoms. The molecule has 1 aromatic rings. The maximum atomic E-state index is 11.7. The second-order valence-electron chi connectivity index (χ2n) is 2.93. The molecule has 0 saturated carbocycles. The molecule has 0 aliphatic carbocycles. The number of alkyl halides is 3. The Labute approximate surface area is 95.1 Å². The topological polar surface area (TPSA) is 12.0 Å². The van der Waals surface area contributed by atoms with E-state index in [-0.39, 0.29) is 17.5 Å². The van der Waals surface area contributed by atoms with Gasteiger partial charge in [0.05, 0.1) is 0 Å². The lowest BCUT2D eigenvalue weighted by atomic mass is 10.2. The number of hydrogen-bond donors (Lipinski definition) is 1. The van der Waals surface area contributed by atoms with Crippen molar-refractivity contribution in [2.45, 2.75) is 11.9 Å². The summed E-state index contributed by atoms with van der Waals surface area (Å²) in [6, 6.07) is 2.02. The lowest BCUT2D eigenvalue weighted by Gasteiger charge is -2.06. The van der Waals surface area contributed by atoms with Gasteiger partial charge in [0.2, 0.25) is 0 Å². The molecule has 0 aliphatic heterocycles. The summed E-state index contributed by atoms with van der Waals surface area (Å²) in [6.45, 7) is 1.13. The quantitative estimate of drug-likeness (QED) is 0.784. The molecule has 1 nitrogen and oxygen atoms in total. The van der Waals surface area contributed by atoms with Crippen molar-refractivity contribution in [2.24, 2.45) is 0 Å². The van der Waals surface area contributed by atoms with E-state index in [0.717, 1.165) is 13.0 Å². The van der Waals surface area contributed by atoms with Crippen LogP contribution in [0.1, 0.15) is 5.56 Å². The molecule has 0 saturated heterocycles. The number of thiophene rings is 1. The fourth-order valence-electron chi connectivity index (χ4n) is 1.03. The Morgan fingerprint density at radius 2 is 2.13 bits per heavy atom. The molecule has 0 atom stereocenters. The first-order chi connectivity index (χ1) is 7.08. The number of thioether (sulfide) groups is 1. The molecule has 0 aromatic carbocycles. The van der Waals surface area contributed by atoms with Gasteiger partial charge in [0.25, 0.3) is 0 Å². The Hall–Kier alpha value is -0.200. The van der Waals surface area contributed by atoms with Crippen LogP contribution in [0.3, 0.4) is 0 Å². The SMILES string of the molecule is FC(F)(F)SCCNCCc1ccsc1. The van der Waals surface area contributed by atoms with E-state index >= 15 is 0 Å². The standard InChI is InChI=1S/C9H12F3NS2/c10-9(11,12)15-6-4-13-3-1-8-2-5-14-7-8/h2,5,7,13H,1,3-4,6H2. The van der Waals surface area contributed by atoms with Gasteiger partial charge in [0, 0.05) is 12.3 Å². The third-order valence-corrected chi connectivity index (χ3v) is 3.18. The number of nitrogens with one attached hydrogen (secondary N) is 1. The van der Waals surface area contributed by atoms with Gasteiger partial charge in [0.15, 0.2) is 0 Å². The molecular weight excluding hydrogens is 243 g/mol. The molecule has 0 unspecified atom stereocenters. The van der Waals surface area contributed by atoms with E-state index in [2.05, 4.69) is 5.32 Å². The van der Waals surface area contributed by atoms with Crippen LogP contribution in [-0.2, 0) is 6.42 Å². The summed E-state index contributed by atoms with van der Waals surface area (Å²) >= 11 is 1.65. The Morgan fingerprint density at radius 3 is 2.73 bits per heavy atom. The van der Waals surface area contributed by atoms with Crippen molar-refractivity contribution in [1.29, 1.82) is 0 Å². The van der Waals surface area contributed by atoms with E-state index in [0.29, 0.717) is 6.54 Å². The van der Waals surface area contributed by atoms with Crippen molar-refractivity contribution in [1.82, 2.24) is 5.32 Å². The molecule has 0 bridgehead atoms. The third-order valence-electron chi connectivity index (χ3n) is 1.72. The van der Waals surface area contributed by atoms with Gasteiger partial charge in [-0.15, -0.1) is 0 Å². The predicted molar refractivity (Wildman–Crippen MR) is 59.4 cm³/mol. The molecule has 1 aromatic heterocycles. The summed E-state index contributed by atoms with van der Waals surface area (Å²) in [6.07, 6.45) is 0.875. The van der Waals surface area contributed by atoms with Gasteiger partial charge in [-0.2, -0.15) is 24.5 Å². The summed E-state index contributed by atoms with van der Waals surface area (Å²) in [5, 5.41) is 7.02. The van der Waals surface area contributed by atoms with E-state index in [1.54, 1.807) is 11.3 Å². The fraction of sp³-hybridized carbons (Fsp3) is 0.556. The van der Waals surface area contributed by atoms with Crippen LogP contribution in [0.5, 0.6) is 0 Å². The van der Waals surface area contributed by atoms with Crippen LogP contribution in [0.2, 0.25) is 0 Å². The minimum Gasteiger partial charge on any atom is -0.316 e. The lowest BCUT2D eigenvalue weighted by Crippen LogP contribution is -2.21. The molecule has 6 heteroatoms. The lowest BCUT2D eigenvalue weighted by molar-refractivity contribution is -0.0327. The maximum absolute atomic E-state index is 11.7. The third kappa shape index (κ3) is 6.81. The Kier molecular flexibility index (Phi) is 5.49. The number of rotatable bonds is 6. The van der Waals surface area contributed by atoms with Gasteiger partial charge < -0.3 is 5.32 Å². The van der Waals surface area contributed by atoms with Crippen LogP contribution in [-0.4, -0.2) is 24.4 Å². The first-order valence-electron chi connectivity index (χ1n) is 4.50. The van der Waals surface area contributed by atoms with Crippen LogP contribution in [0, 0.1) is 0 Å². The summed E-state index contributed by atoms with van der Waals surface area (Å²) < 4.78 is 35.2. The first kappa shape index (κ1) is 12.9. The second kappa shape index (κ2) is 6.40. The van der Waals surface area contributed by atoms with Crippen molar-refractivity contribution in [3.8, 4) is 0 Å². The zero-order valence-corrected chi connectivity index (χ0v) is 9.64. The normalized spacial score (nSPS) is 11.9. The fourth-order valence-corrected chi connectivity index (χ4v) is 2.21. The molecule has 0 aliphatic rings. The van der Waals surface area contributed by atoms with Crippen LogP contribution in [0.25, 0.3) is 0 Å². The van der Waals surface area contributed by atoms with Gasteiger partial charge in [0.1, 0.15) is 0 Å². The molecule has 0 amide bonds. The summed E-state index contributed by atoms with van der Waals surface area (Å²) in [5.74, 6) is 0.0765. The van der Waals surface area contributed by atoms with Gasteiger partial charge in [-0.3, -0.25) is 0 Å². The van der Waals surface area contributed by atoms with E-state index in [1.165, 1.54) is 5.56 Å². The molecule has 1 rings (SSSR count). The Balaban J connectivity index is 1.94. The average Bonchev–Trinajstić information content (AvgIpc) is 2.61. The van der Waals surface area contributed by atoms with Crippen LogP contribution >= 0.6 is 23.1 Å². The summed E-state index contributed by atoms with van der Waals surface area (Å²) in [7, 11) is 0. The average molecular weight is 255 g/mol. The van der Waals surface area contributed by atoms with Gasteiger partial charge in [-0.05, 0) is 47.1 Å². The maximum Gasteiger partial charge on any atom is 0.441 e. The van der Waals surface area contributed by atoms with E-state index in [9.17, 15) is 13.2 Å². The van der Waals surface area contributed by atoms with Crippen molar-refractivity contribution in [3.05, 3.63) is 22.4 Å². The Morgan fingerprint density at radius 1 is 1.33 bits per heavy atom. The van der Waals surface area contributed by atoms with Gasteiger partial charge in [-0.1, -0.05) is 0 Å². The molecule has 1 heterocycles. The van der Waals surface area contributed by atoms with Gasteiger partial charge >= 0.3 is 5.51 Å². The molecule has 0 radical (unpaired) electrons. The van der Waals surface area contributed by atoms with E-state index in [4.69, 9.17) is 0 Å². The highest BCUT2D eigenvalue weighted by atomic mass is 32.2. The molecule has 86 valence electrons. The number of hydrogen-bond acceptors (Lipinski definition) is 3. The highest BCUT2D eigenvalue weighted by Crippen LogP contribution is 2.29. The highest BCUT2D eigenvalue weighted by Gasteiger charge is 2.27. The van der Waals surface area contributed by atoms with E-state index < -0.39 is 5.51 Å². The molecular formula is C9H12F3NS2. The first-order valence-corrected chi connectivity index (χ1v) is 6.43. The van der Waals surface area contributed by atoms with Crippen LogP contribution in [0.4, 0.5) is 13.2 Å². The zero-order chi connectivity index (χ0) is 11.1. The zero-order valence-electron chi connectivity index (χ0n) is 8.01.